The van der Waals surface area contributed by atoms with Crippen molar-refractivity contribution in [2.45, 2.75) is 0 Å². The van der Waals surface area contributed by atoms with Crippen molar-refractivity contribution >= 4 is 18.1 Å². The molecule has 0 bridgehead atoms. The predicted octanol–water partition coefficient (Wildman–Crippen LogP) is 2.49. The van der Waals surface area contributed by atoms with E-state index in [1.807, 2.05) is 36.4 Å². The van der Waals surface area contributed by atoms with Crippen LogP contribution in [0.4, 0.5) is 4.39 Å². The van der Waals surface area contributed by atoms with Gasteiger partial charge in [-0.3, -0.25) is 0 Å². The lowest BCUT2D eigenvalue weighted by molar-refractivity contribution is 0.539. The van der Waals surface area contributed by atoms with E-state index in [1.54, 1.807) is 24.3 Å². The topological polar surface area (TPSA) is 20.2 Å². The molecule has 1 N–H and O–H groups in total. The van der Waals surface area contributed by atoms with E-state index in [4.69, 9.17) is 0 Å². The molecule has 0 heterocycles. The van der Waals surface area contributed by atoms with Crippen molar-refractivity contribution in [2.75, 3.05) is 6.42 Å². The summed E-state index contributed by atoms with van der Waals surface area (Å²) in [5, 5.41) is 1.37. The minimum absolute atomic E-state index is 0.684. The van der Waals surface area contributed by atoms with Crippen molar-refractivity contribution in [3.63, 3.8) is 0 Å². The summed E-state index contributed by atoms with van der Waals surface area (Å²) in [5.41, 5.74) is 0. The maximum Gasteiger partial charge on any atom is 0.237 e. The smallest absolute Gasteiger partial charge is 0.237 e. The molecule has 0 atom stereocenters. The van der Waals surface area contributed by atoms with E-state index >= 15 is 0 Å². The number of alkyl halides is 1. The van der Waals surface area contributed by atoms with Crippen molar-refractivity contribution in [1.82, 2.24) is 0 Å². The van der Waals surface area contributed by atoms with Gasteiger partial charge in [-0.1, -0.05) is 36.4 Å². The number of halogens is 1. The summed E-state index contributed by atoms with van der Waals surface area (Å²) < 4.78 is 13.2. The normalized spacial score (nSPS) is 11.4. The number of hydrogen-bond acceptors (Lipinski definition) is 1. The molecular formula is C13H13FOP+. The summed E-state index contributed by atoms with van der Waals surface area (Å²) in [5.74, 6) is 0. The first kappa shape index (κ1) is 11.3. The van der Waals surface area contributed by atoms with E-state index < -0.39 is 13.9 Å². The predicted molar refractivity (Wildman–Crippen MR) is 67.3 cm³/mol. The number of benzene rings is 2. The maximum absolute atomic E-state index is 13.2. The van der Waals surface area contributed by atoms with Gasteiger partial charge in [0.2, 0.25) is 13.9 Å². The first-order chi connectivity index (χ1) is 7.77. The van der Waals surface area contributed by atoms with E-state index in [9.17, 15) is 9.28 Å². The van der Waals surface area contributed by atoms with Crippen molar-refractivity contribution in [2.24, 2.45) is 0 Å². The highest BCUT2D eigenvalue weighted by molar-refractivity contribution is 7.84. The van der Waals surface area contributed by atoms with E-state index in [1.165, 1.54) is 0 Å². The molecule has 0 fully saturated rings. The largest absolute Gasteiger partial charge is 0.238 e. The fourth-order valence-corrected chi connectivity index (χ4v) is 3.54. The van der Waals surface area contributed by atoms with Crippen LogP contribution in [-0.4, -0.2) is 11.3 Å². The van der Waals surface area contributed by atoms with Crippen LogP contribution in [0, 0.1) is 0 Å². The molecule has 0 saturated carbocycles. The summed E-state index contributed by atoms with van der Waals surface area (Å²) in [6, 6.07) is 18.1. The Morgan fingerprint density at radius 3 is 1.50 bits per heavy atom. The summed E-state index contributed by atoms with van der Waals surface area (Å²) >= 11 is 0. The lowest BCUT2D eigenvalue weighted by Crippen LogP contribution is -2.22. The van der Waals surface area contributed by atoms with E-state index in [-0.39, 0.29) is 0 Å². The van der Waals surface area contributed by atoms with Gasteiger partial charge in [0.15, 0.2) is 0 Å². The molecule has 2 aromatic rings. The maximum atomic E-state index is 13.2. The molecule has 3 heteroatoms. The Balaban J connectivity index is 2.49. The summed E-state index contributed by atoms with van der Waals surface area (Å²) in [6.07, 6.45) is -0.721. The van der Waals surface area contributed by atoms with Crippen molar-refractivity contribution in [3.8, 4) is 0 Å². The zero-order chi connectivity index (χ0) is 11.4. The Hall–Kier alpha value is -1.24. The third-order valence-corrected chi connectivity index (χ3v) is 5.19. The van der Waals surface area contributed by atoms with E-state index in [0.717, 1.165) is 0 Å². The molecule has 0 radical (unpaired) electrons. The number of rotatable bonds is 3. The highest BCUT2D eigenvalue weighted by atomic mass is 31.2. The average molecular weight is 235 g/mol. The van der Waals surface area contributed by atoms with Gasteiger partial charge in [0.1, 0.15) is 10.6 Å². The van der Waals surface area contributed by atoms with Gasteiger partial charge in [-0.25, -0.2) is 9.28 Å². The van der Waals surface area contributed by atoms with Crippen LogP contribution in [0.1, 0.15) is 0 Å². The Morgan fingerprint density at radius 2 is 1.19 bits per heavy atom. The molecule has 1 nitrogen and oxygen atoms in total. The van der Waals surface area contributed by atoms with Gasteiger partial charge in [-0.2, -0.15) is 0 Å². The summed E-state index contributed by atoms with van der Waals surface area (Å²) in [6.45, 7) is 0. The van der Waals surface area contributed by atoms with Gasteiger partial charge in [0.05, 0.1) is 0 Å². The van der Waals surface area contributed by atoms with Gasteiger partial charge in [0.25, 0.3) is 0 Å². The van der Waals surface area contributed by atoms with Gasteiger partial charge in [-0.15, -0.1) is 0 Å². The molecule has 0 spiro atoms. The summed E-state index contributed by atoms with van der Waals surface area (Å²) in [7, 11) is -2.82. The van der Waals surface area contributed by atoms with Gasteiger partial charge in [-0.05, 0) is 24.3 Å². The van der Waals surface area contributed by atoms with Crippen LogP contribution in [-0.2, 0) is 0 Å². The first-order valence-corrected chi connectivity index (χ1v) is 6.98. The minimum Gasteiger partial charge on any atom is -0.238 e. The molecule has 0 saturated heterocycles. The highest BCUT2D eigenvalue weighted by Crippen LogP contribution is 2.51. The summed E-state index contributed by atoms with van der Waals surface area (Å²) in [4.78, 5) is 10.5. The van der Waals surface area contributed by atoms with Crippen molar-refractivity contribution in [1.29, 1.82) is 0 Å². The van der Waals surface area contributed by atoms with Gasteiger partial charge < -0.3 is 0 Å². The van der Waals surface area contributed by atoms with E-state index in [2.05, 4.69) is 0 Å². The molecule has 0 aliphatic carbocycles. The molecule has 2 aromatic carbocycles. The molecule has 0 unspecified atom stereocenters. The minimum atomic E-state index is -2.82. The standard InChI is InChI=1S/C13H13FOP/c14-11-16(15,12-7-3-1-4-8-12)13-9-5-2-6-10-13/h1-10,15H,11H2/q+1. The number of hydrogen-bond donors (Lipinski definition) is 1. The molecule has 0 amide bonds. The lowest BCUT2D eigenvalue weighted by Gasteiger charge is -2.15. The fraction of sp³-hybridized carbons (Fsp3) is 0.0769. The van der Waals surface area contributed by atoms with Gasteiger partial charge in [0, 0.05) is 0 Å². The van der Waals surface area contributed by atoms with Crippen LogP contribution >= 0.6 is 7.49 Å². The van der Waals surface area contributed by atoms with E-state index in [0.29, 0.717) is 10.6 Å². The van der Waals surface area contributed by atoms with Gasteiger partial charge >= 0.3 is 0 Å². The van der Waals surface area contributed by atoms with Crippen LogP contribution in [0.25, 0.3) is 0 Å². The zero-order valence-corrected chi connectivity index (χ0v) is 9.65. The SMILES string of the molecule is O[P+](CF)(c1ccccc1)c1ccccc1. The van der Waals surface area contributed by atoms with Crippen LogP contribution in [0.15, 0.2) is 60.7 Å². The first-order valence-electron chi connectivity index (χ1n) is 5.05. The Kier molecular flexibility index (Phi) is 3.33. The highest BCUT2D eigenvalue weighted by Gasteiger charge is 2.41. The Morgan fingerprint density at radius 1 is 0.812 bits per heavy atom. The second-order valence-electron chi connectivity index (χ2n) is 3.56. The van der Waals surface area contributed by atoms with Crippen molar-refractivity contribution in [3.05, 3.63) is 60.7 Å². The molecule has 0 aliphatic heterocycles. The zero-order valence-electron chi connectivity index (χ0n) is 8.75. The quantitative estimate of drug-likeness (QED) is 0.810. The third-order valence-electron chi connectivity index (χ3n) is 2.54. The molecule has 0 aliphatic rings. The van der Waals surface area contributed by atoms with Crippen LogP contribution in [0.3, 0.4) is 0 Å². The van der Waals surface area contributed by atoms with Crippen LogP contribution < -0.4 is 10.6 Å². The lowest BCUT2D eigenvalue weighted by atomic mass is 10.4. The Labute approximate surface area is 95.0 Å². The van der Waals surface area contributed by atoms with Crippen LogP contribution in [0.2, 0.25) is 0 Å². The molecular weight excluding hydrogens is 222 g/mol. The van der Waals surface area contributed by atoms with Crippen LogP contribution in [0.5, 0.6) is 0 Å². The average Bonchev–Trinajstić information content (AvgIpc) is 2.40. The fourth-order valence-electron chi connectivity index (χ4n) is 1.64. The second kappa shape index (κ2) is 4.73. The monoisotopic (exact) mass is 235 g/mol. The molecule has 2 rings (SSSR count). The Bertz CT molecular complexity index is 405. The van der Waals surface area contributed by atoms with Crippen molar-refractivity contribution < 1.29 is 9.28 Å². The molecule has 0 aromatic heterocycles. The second-order valence-corrected chi connectivity index (χ2v) is 6.37. The third kappa shape index (κ3) is 1.99. The molecule has 82 valence electrons. The molecule has 16 heavy (non-hydrogen) atoms.